The number of hydrazine groups is 1. The van der Waals surface area contributed by atoms with Gasteiger partial charge in [0.15, 0.2) is 11.9 Å². The van der Waals surface area contributed by atoms with E-state index in [4.69, 9.17) is 22.3 Å². The van der Waals surface area contributed by atoms with Crippen LogP contribution >= 0.6 is 11.6 Å². The number of hydrogen-bond acceptors (Lipinski definition) is 8. The number of aliphatic imine (C=N–C) groups is 2. The number of amidine groups is 2. The van der Waals surface area contributed by atoms with Crippen molar-refractivity contribution in [1.29, 1.82) is 0 Å². The second-order valence-corrected chi connectivity index (χ2v) is 8.89. The number of anilines is 2. The molecule has 2 aromatic heterocycles. The predicted octanol–water partition coefficient (Wildman–Crippen LogP) is 2.33. The van der Waals surface area contributed by atoms with Crippen LogP contribution < -0.4 is 21.8 Å². The number of nitrogens with one attached hydrogen (secondary N) is 3. The van der Waals surface area contributed by atoms with Crippen molar-refractivity contribution in [1.82, 2.24) is 20.4 Å². The molecule has 0 saturated heterocycles. The molecule has 1 aliphatic carbocycles. The minimum atomic E-state index is -0.568. The van der Waals surface area contributed by atoms with Gasteiger partial charge in [-0.05, 0) is 49.9 Å². The Morgan fingerprint density at radius 2 is 2.03 bits per heavy atom. The number of amides is 1. The van der Waals surface area contributed by atoms with Crippen LogP contribution in [0.5, 0.6) is 0 Å². The molecule has 4 heterocycles. The smallest absolute Gasteiger partial charge is 0.251 e. The molecular formula is C23H26ClN9O. The Balaban J connectivity index is 1.39. The number of carbonyl (C=O) groups excluding carboxylic acids is 1. The van der Waals surface area contributed by atoms with Gasteiger partial charge in [-0.3, -0.25) is 25.2 Å². The molecule has 11 heteroatoms. The quantitative estimate of drug-likeness (QED) is 0.483. The summed E-state index contributed by atoms with van der Waals surface area (Å²) in [5.74, 6) is 1.77. The third-order valence-electron chi connectivity index (χ3n) is 6.00. The molecule has 1 saturated carbocycles. The van der Waals surface area contributed by atoms with Crippen LogP contribution in [0.15, 0.2) is 64.5 Å². The third kappa shape index (κ3) is 5.02. The van der Waals surface area contributed by atoms with Crippen LogP contribution in [0.2, 0.25) is 5.15 Å². The molecule has 2 aromatic rings. The van der Waals surface area contributed by atoms with Gasteiger partial charge in [0, 0.05) is 30.2 Å². The average Bonchev–Trinajstić information content (AvgIpc) is 3.26. The van der Waals surface area contributed by atoms with Crippen LogP contribution in [0.25, 0.3) is 0 Å². The molecule has 0 aromatic carbocycles. The van der Waals surface area contributed by atoms with E-state index in [0.717, 1.165) is 31.4 Å². The van der Waals surface area contributed by atoms with Gasteiger partial charge in [-0.1, -0.05) is 17.7 Å². The van der Waals surface area contributed by atoms with E-state index in [1.54, 1.807) is 29.5 Å². The van der Waals surface area contributed by atoms with Gasteiger partial charge in [0.2, 0.25) is 0 Å². The van der Waals surface area contributed by atoms with Crippen LogP contribution in [0.4, 0.5) is 11.5 Å². The molecule has 1 amide bonds. The lowest BCUT2D eigenvalue weighted by atomic mass is 9.92. The van der Waals surface area contributed by atoms with Crippen LogP contribution in [-0.2, 0) is 4.79 Å². The molecule has 176 valence electrons. The second-order valence-electron chi connectivity index (χ2n) is 8.50. The fourth-order valence-electron chi connectivity index (χ4n) is 4.25. The maximum Gasteiger partial charge on any atom is 0.251 e. The van der Waals surface area contributed by atoms with Gasteiger partial charge >= 0.3 is 0 Å². The van der Waals surface area contributed by atoms with Crippen molar-refractivity contribution in [3.63, 3.8) is 0 Å². The highest BCUT2D eigenvalue weighted by Gasteiger charge is 2.38. The first kappa shape index (κ1) is 22.3. The lowest BCUT2D eigenvalue weighted by Gasteiger charge is -2.33. The van der Waals surface area contributed by atoms with E-state index in [1.807, 2.05) is 24.3 Å². The number of nitrogens with two attached hydrogens (primary N) is 1. The fourth-order valence-corrected chi connectivity index (χ4v) is 4.42. The van der Waals surface area contributed by atoms with Gasteiger partial charge < -0.3 is 16.4 Å². The van der Waals surface area contributed by atoms with Crippen molar-refractivity contribution in [3.05, 3.63) is 59.7 Å². The summed E-state index contributed by atoms with van der Waals surface area (Å²) in [6.45, 7) is 0.291. The summed E-state index contributed by atoms with van der Waals surface area (Å²) < 4.78 is 0. The highest BCUT2D eigenvalue weighted by molar-refractivity contribution is 6.29. The standard InChI is InChI=1S/C23H26ClN9O/c24-19-11-16(8-10-26-19)30-23(34)18-13-28-22-17(31-20-3-1-2-9-27-20)12-21(32-33(18)22)29-15-6-4-14(25)5-7-15/h1-3,8-12,14-15,18H,4-7,13,25H2,(H,27,31)(H,29,32)(H,26,30,34). The maximum absolute atomic E-state index is 13.1. The Kier molecular flexibility index (Phi) is 6.41. The Morgan fingerprint density at radius 1 is 1.18 bits per heavy atom. The van der Waals surface area contributed by atoms with Gasteiger partial charge in [0.05, 0.1) is 18.3 Å². The van der Waals surface area contributed by atoms with E-state index in [-0.39, 0.29) is 18.0 Å². The van der Waals surface area contributed by atoms with Crippen LogP contribution in [-0.4, -0.2) is 57.2 Å². The first-order valence-corrected chi connectivity index (χ1v) is 11.7. The average molecular weight is 480 g/mol. The van der Waals surface area contributed by atoms with Gasteiger partial charge in [-0.15, -0.1) is 0 Å². The number of fused-ring (bicyclic) bond motifs is 1. The minimum absolute atomic E-state index is 0.182. The zero-order valence-electron chi connectivity index (χ0n) is 18.5. The van der Waals surface area contributed by atoms with Gasteiger partial charge in [-0.25, -0.2) is 9.97 Å². The number of rotatable bonds is 5. The third-order valence-corrected chi connectivity index (χ3v) is 6.20. The second kappa shape index (κ2) is 9.78. The SMILES string of the molecule is NC1CCC(N=C2C=C(Nc3ccccn3)C3=NCC(C(=O)Nc4ccnc(Cl)c4)N3N2)CC1. The van der Waals surface area contributed by atoms with Crippen molar-refractivity contribution in [2.75, 3.05) is 17.2 Å². The molecule has 2 aliphatic heterocycles. The monoisotopic (exact) mass is 479 g/mol. The first-order chi connectivity index (χ1) is 16.5. The van der Waals surface area contributed by atoms with E-state index >= 15 is 0 Å². The molecule has 1 fully saturated rings. The van der Waals surface area contributed by atoms with Crippen LogP contribution in [0.1, 0.15) is 25.7 Å². The Bertz CT molecular complexity index is 1140. The summed E-state index contributed by atoms with van der Waals surface area (Å²) in [5.41, 5.74) is 10.7. The van der Waals surface area contributed by atoms with Crippen molar-refractivity contribution in [3.8, 4) is 0 Å². The first-order valence-electron chi connectivity index (χ1n) is 11.3. The molecule has 10 nitrogen and oxygen atoms in total. The summed E-state index contributed by atoms with van der Waals surface area (Å²) in [7, 11) is 0. The van der Waals surface area contributed by atoms with E-state index in [9.17, 15) is 4.79 Å². The summed E-state index contributed by atoms with van der Waals surface area (Å²) in [6, 6.07) is 8.80. The molecule has 0 radical (unpaired) electrons. The molecule has 3 aliphatic rings. The Hall–Kier alpha value is -3.50. The molecule has 1 atom stereocenters. The van der Waals surface area contributed by atoms with E-state index in [1.165, 1.54) is 0 Å². The van der Waals surface area contributed by atoms with Crippen LogP contribution in [0, 0.1) is 0 Å². The molecular weight excluding hydrogens is 454 g/mol. The minimum Gasteiger partial charge on any atom is -0.337 e. The van der Waals surface area contributed by atoms with Gasteiger partial charge in [0.25, 0.3) is 5.91 Å². The van der Waals surface area contributed by atoms with Crippen LogP contribution in [0.3, 0.4) is 0 Å². The highest BCUT2D eigenvalue weighted by atomic mass is 35.5. The number of pyridine rings is 2. The zero-order valence-corrected chi connectivity index (χ0v) is 19.2. The van der Waals surface area contributed by atoms with Crippen molar-refractivity contribution >= 4 is 40.7 Å². The molecule has 0 bridgehead atoms. The van der Waals surface area contributed by atoms with Gasteiger partial charge in [-0.2, -0.15) is 0 Å². The Morgan fingerprint density at radius 3 is 2.79 bits per heavy atom. The number of carbonyl (C=O) groups is 1. The fraction of sp³-hybridized carbons (Fsp3) is 0.348. The summed E-state index contributed by atoms with van der Waals surface area (Å²) in [6.07, 6.45) is 8.98. The van der Waals surface area contributed by atoms with Crippen molar-refractivity contribution in [2.45, 2.75) is 43.8 Å². The molecule has 1 unspecified atom stereocenters. The maximum atomic E-state index is 13.1. The van der Waals surface area contributed by atoms with Crippen molar-refractivity contribution < 1.29 is 4.79 Å². The zero-order chi connectivity index (χ0) is 23.5. The number of aromatic nitrogens is 2. The van der Waals surface area contributed by atoms with E-state index < -0.39 is 6.04 Å². The highest BCUT2D eigenvalue weighted by Crippen LogP contribution is 2.24. The van der Waals surface area contributed by atoms with Gasteiger partial charge in [0.1, 0.15) is 16.8 Å². The lowest BCUT2D eigenvalue weighted by Crippen LogP contribution is -2.57. The molecule has 5 N–H and O–H groups in total. The predicted molar refractivity (Wildman–Crippen MR) is 133 cm³/mol. The normalized spacial score (nSPS) is 25.2. The number of nitrogens with zero attached hydrogens (tertiary/aromatic N) is 5. The number of hydrogen-bond donors (Lipinski definition) is 4. The van der Waals surface area contributed by atoms with E-state index in [0.29, 0.717) is 34.9 Å². The summed E-state index contributed by atoms with van der Waals surface area (Å²) >= 11 is 5.96. The molecule has 5 rings (SSSR count). The Labute approximate surface area is 202 Å². The number of halogens is 1. The largest absolute Gasteiger partial charge is 0.337 e. The molecule has 0 spiro atoms. The summed E-state index contributed by atoms with van der Waals surface area (Å²) in [4.78, 5) is 31.0. The van der Waals surface area contributed by atoms with Crippen molar-refractivity contribution in [2.24, 2.45) is 15.7 Å². The molecule has 34 heavy (non-hydrogen) atoms. The lowest BCUT2D eigenvalue weighted by molar-refractivity contribution is -0.119. The van der Waals surface area contributed by atoms with E-state index in [2.05, 4.69) is 31.0 Å². The summed E-state index contributed by atoms with van der Waals surface area (Å²) in [5, 5.41) is 8.29. The topological polar surface area (TPSA) is 133 Å².